The molecule has 0 bridgehead atoms. The minimum atomic E-state index is -3.87. The van der Waals surface area contributed by atoms with E-state index in [0.717, 1.165) is 22.6 Å². The van der Waals surface area contributed by atoms with Gasteiger partial charge in [0.2, 0.25) is 20.0 Å². The highest BCUT2D eigenvalue weighted by Gasteiger charge is 2.35. The number of sulfonamides is 2. The molecule has 12 heteroatoms. The highest BCUT2D eigenvalue weighted by molar-refractivity contribution is 7.89. The summed E-state index contributed by atoms with van der Waals surface area (Å²) in [6.45, 7) is 0.458. The van der Waals surface area contributed by atoms with E-state index in [4.69, 9.17) is 34.3 Å². The lowest BCUT2D eigenvalue weighted by molar-refractivity contribution is 0.213. The van der Waals surface area contributed by atoms with E-state index in [1.165, 1.54) is 26.8 Å². The smallest absolute Gasteiger partial charge is 0.244 e. The Bertz CT molecular complexity index is 1540. The van der Waals surface area contributed by atoms with E-state index < -0.39 is 20.0 Å². The second-order valence-corrected chi connectivity index (χ2v) is 13.5. The summed E-state index contributed by atoms with van der Waals surface area (Å²) in [6, 6.07) is 15.0. The van der Waals surface area contributed by atoms with Gasteiger partial charge in [0.1, 0.15) is 10.7 Å². The van der Waals surface area contributed by atoms with Crippen molar-refractivity contribution in [3.63, 3.8) is 0 Å². The number of nitrogens with zero attached hydrogens (tertiary/aromatic N) is 2. The fourth-order valence-corrected chi connectivity index (χ4v) is 7.79. The highest BCUT2D eigenvalue weighted by Crippen LogP contribution is 2.31. The summed E-state index contributed by atoms with van der Waals surface area (Å²) in [6.07, 6.45) is 1.84. The van der Waals surface area contributed by atoms with Crippen molar-refractivity contribution in [3.05, 3.63) is 75.8 Å². The van der Waals surface area contributed by atoms with Crippen LogP contribution in [0.15, 0.2) is 59.5 Å². The lowest BCUT2D eigenvalue weighted by Crippen LogP contribution is -2.48. The maximum absolute atomic E-state index is 13.2. The second-order valence-electron chi connectivity index (χ2n) is 8.83. The predicted molar refractivity (Wildman–Crippen MR) is 144 cm³/mol. The number of rotatable bonds is 7. The summed E-state index contributed by atoms with van der Waals surface area (Å²) >= 11 is 12.1. The van der Waals surface area contributed by atoms with Gasteiger partial charge in [0.25, 0.3) is 0 Å². The Kier molecular flexibility index (Phi) is 7.66. The number of benzene rings is 3. The molecule has 4 rings (SSSR count). The van der Waals surface area contributed by atoms with E-state index in [2.05, 4.69) is 0 Å². The lowest BCUT2D eigenvalue weighted by atomic mass is 10.0. The normalized spacial score (nSPS) is 16.0. The fraction of sp³-hybridized carbons (Fsp3) is 0.292. The molecule has 3 aromatic rings. The Morgan fingerprint density at radius 1 is 1.00 bits per heavy atom. The molecule has 1 aliphatic heterocycles. The number of amidine groups is 1. The van der Waals surface area contributed by atoms with Crippen molar-refractivity contribution in [2.24, 2.45) is 5.73 Å². The molecule has 0 unspecified atom stereocenters. The molecule has 0 amide bonds. The number of nitrogen functional groups attached to an aromatic ring is 1. The molecule has 1 heterocycles. The quantitative estimate of drug-likeness (QED) is 0.328. The van der Waals surface area contributed by atoms with Crippen LogP contribution < -0.4 is 5.73 Å². The van der Waals surface area contributed by atoms with Gasteiger partial charge in [-0.2, -0.15) is 8.61 Å². The summed E-state index contributed by atoms with van der Waals surface area (Å²) < 4.78 is 54.5. The topological polar surface area (TPSA) is 125 Å². The van der Waals surface area contributed by atoms with E-state index in [9.17, 15) is 16.8 Å². The Morgan fingerprint density at radius 3 is 2.31 bits per heavy atom. The van der Waals surface area contributed by atoms with E-state index in [1.807, 2.05) is 24.3 Å². The maximum Gasteiger partial charge on any atom is 0.244 e. The summed E-state index contributed by atoms with van der Waals surface area (Å²) in [4.78, 5) is -0.0591. The van der Waals surface area contributed by atoms with Gasteiger partial charge < -0.3 is 5.73 Å². The summed E-state index contributed by atoms with van der Waals surface area (Å²) in [5.74, 6) is -0.0409. The van der Waals surface area contributed by atoms with Crippen molar-refractivity contribution in [3.8, 4) is 0 Å². The number of fused-ring (bicyclic) bond motifs is 1. The molecule has 3 aromatic carbocycles. The van der Waals surface area contributed by atoms with Gasteiger partial charge in [0.05, 0.1) is 11.3 Å². The molecule has 0 radical (unpaired) electrons. The van der Waals surface area contributed by atoms with Crippen LogP contribution in [0.2, 0.25) is 10.0 Å². The average molecular weight is 570 g/mol. The molecule has 8 nitrogen and oxygen atoms in total. The molecule has 3 N–H and O–H groups in total. The molecule has 192 valence electrons. The van der Waals surface area contributed by atoms with Crippen molar-refractivity contribution in [1.82, 2.24) is 8.61 Å². The number of piperidine rings is 1. The van der Waals surface area contributed by atoms with E-state index in [1.54, 1.807) is 12.1 Å². The molecular formula is C24H26Cl2N4O4S2. The molecule has 1 fully saturated rings. The largest absolute Gasteiger partial charge is 0.384 e. The molecule has 36 heavy (non-hydrogen) atoms. The van der Waals surface area contributed by atoms with E-state index >= 15 is 0 Å². The van der Waals surface area contributed by atoms with Crippen LogP contribution in [0, 0.1) is 5.41 Å². The Morgan fingerprint density at radius 2 is 1.67 bits per heavy atom. The zero-order valence-corrected chi connectivity index (χ0v) is 22.6. The minimum absolute atomic E-state index is 0.0409. The lowest BCUT2D eigenvalue weighted by Gasteiger charge is -2.36. The van der Waals surface area contributed by atoms with Crippen LogP contribution in [-0.2, 0) is 26.6 Å². The maximum atomic E-state index is 13.2. The van der Waals surface area contributed by atoms with Gasteiger partial charge in [0, 0.05) is 36.3 Å². The van der Waals surface area contributed by atoms with Crippen molar-refractivity contribution in [2.45, 2.75) is 30.3 Å². The van der Waals surface area contributed by atoms with Gasteiger partial charge in [-0.1, -0.05) is 47.5 Å². The molecule has 0 atom stereocenters. The third kappa shape index (κ3) is 5.69. The molecule has 1 aliphatic rings. The standard InChI is InChI=1S/C24H26Cl2N4O4S2/c1-35(31,32)30(15-16-2-3-17-4-5-18(24(27)28)13-19(17)12-16)21-8-10-29(11-9-21)36(33,34)23-14-20(25)6-7-22(23)26/h2-7,12-14,21H,8-11,15H2,1H3,(H3,27,28). The fourth-order valence-electron chi connectivity index (χ4n) is 4.44. The number of nitrogens with two attached hydrogens (primary N) is 1. The summed E-state index contributed by atoms with van der Waals surface area (Å²) in [5, 5.41) is 9.82. The van der Waals surface area contributed by atoms with Crippen LogP contribution in [-0.4, -0.2) is 56.7 Å². The van der Waals surface area contributed by atoms with Gasteiger partial charge in [-0.25, -0.2) is 16.8 Å². The average Bonchev–Trinajstić information content (AvgIpc) is 2.82. The van der Waals surface area contributed by atoms with Crippen LogP contribution in [0.1, 0.15) is 24.0 Å². The molecule has 0 aliphatic carbocycles. The number of hydrogen-bond acceptors (Lipinski definition) is 5. The van der Waals surface area contributed by atoms with Gasteiger partial charge in [-0.05, 0) is 59.5 Å². The summed E-state index contributed by atoms with van der Waals surface area (Å²) in [5.41, 5.74) is 6.98. The molecular weight excluding hydrogens is 543 g/mol. The van der Waals surface area contributed by atoms with Crippen LogP contribution >= 0.6 is 23.2 Å². The van der Waals surface area contributed by atoms with E-state index in [0.29, 0.717) is 18.4 Å². The molecule has 1 saturated heterocycles. The number of halogens is 2. The van der Waals surface area contributed by atoms with Crippen LogP contribution in [0.4, 0.5) is 0 Å². The van der Waals surface area contributed by atoms with Gasteiger partial charge in [0.15, 0.2) is 0 Å². The number of hydrogen-bond donors (Lipinski definition) is 2. The van der Waals surface area contributed by atoms with Crippen LogP contribution in [0.5, 0.6) is 0 Å². The first kappa shape index (κ1) is 26.8. The van der Waals surface area contributed by atoms with E-state index in [-0.39, 0.29) is 46.5 Å². The monoisotopic (exact) mass is 568 g/mol. The Labute approximate surface area is 221 Å². The highest BCUT2D eigenvalue weighted by atomic mass is 35.5. The number of nitrogens with one attached hydrogen (secondary N) is 1. The molecule has 0 aromatic heterocycles. The van der Waals surface area contributed by atoms with Crippen molar-refractivity contribution in [2.75, 3.05) is 19.3 Å². The first-order valence-electron chi connectivity index (χ1n) is 11.2. The Hall–Kier alpha value is -2.21. The van der Waals surface area contributed by atoms with Crippen molar-refractivity contribution >= 4 is 59.9 Å². The predicted octanol–water partition coefficient (Wildman–Crippen LogP) is 4.05. The molecule has 0 saturated carbocycles. The second kappa shape index (κ2) is 10.3. The zero-order valence-electron chi connectivity index (χ0n) is 19.5. The Balaban J connectivity index is 1.54. The third-order valence-electron chi connectivity index (χ3n) is 6.32. The minimum Gasteiger partial charge on any atom is -0.384 e. The van der Waals surface area contributed by atoms with Gasteiger partial charge in [-0.3, -0.25) is 5.41 Å². The SMILES string of the molecule is CS(=O)(=O)N(Cc1ccc2ccc(C(=N)N)cc2c1)C1CCN(S(=O)(=O)c2cc(Cl)ccc2Cl)CC1. The first-order chi connectivity index (χ1) is 16.9. The van der Waals surface area contributed by atoms with Gasteiger partial charge in [-0.15, -0.1) is 0 Å². The van der Waals surface area contributed by atoms with Crippen LogP contribution in [0.25, 0.3) is 10.8 Å². The first-order valence-corrected chi connectivity index (χ1v) is 15.2. The van der Waals surface area contributed by atoms with Gasteiger partial charge >= 0.3 is 0 Å². The molecule has 0 spiro atoms. The van der Waals surface area contributed by atoms with Crippen molar-refractivity contribution in [1.29, 1.82) is 5.41 Å². The van der Waals surface area contributed by atoms with Crippen molar-refractivity contribution < 1.29 is 16.8 Å². The third-order valence-corrected chi connectivity index (χ3v) is 10.2. The zero-order chi connectivity index (χ0) is 26.3. The van der Waals surface area contributed by atoms with Crippen LogP contribution in [0.3, 0.4) is 0 Å². The summed E-state index contributed by atoms with van der Waals surface area (Å²) in [7, 11) is -7.46.